The minimum Gasteiger partial charge on any atom is -0.352 e. The van der Waals surface area contributed by atoms with Gasteiger partial charge in [0, 0.05) is 17.6 Å². The Bertz CT molecular complexity index is 1450. The number of nitrogens with one attached hydrogen (secondary N) is 1. The summed E-state index contributed by atoms with van der Waals surface area (Å²) in [5.41, 5.74) is 2.98. The summed E-state index contributed by atoms with van der Waals surface area (Å²) in [7, 11) is -4.14. The number of para-hydroxylation sites is 1. The number of benzene rings is 3. The zero-order chi connectivity index (χ0) is 28.9. The molecule has 1 atom stereocenters. The number of carbonyl (C=O) groups excluding carboxylic acids is 2. The lowest BCUT2D eigenvalue weighted by atomic mass is 10.1. The van der Waals surface area contributed by atoms with E-state index in [2.05, 4.69) is 5.32 Å². The van der Waals surface area contributed by atoms with Crippen molar-refractivity contribution in [3.8, 4) is 0 Å². The molecule has 9 heteroatoms. The number of rotatable bonds is 10. The molecule has 0 saturated heterocycles. The lowest BCUT2D eigenvalue weighted by Gasteiger charge is -2.33. The van der Waals surface area contributed by atoms with Crippen molar-refractivity contribution in [1.82, 2.24) is 10.2 Å². The molecule has 3 aromatic rings. The smallest absolute Gasteiger partial charge is 0.264 e. The average Bonchev–Trinajstić information content (AvgIpc) is 3.43. The van der Waals surface area contributed by atoms with Crippen molar-refractivity contribution in [2.24, 2.45) is 0 Å². The molecule has 40 heavy (non-hydrogen) atoms. The predicted octanol–water partition coefficient (Wildman–Crippen LogP) is 5.63. The molecule has 1 fully saturated rings. The molecule has 3 aromatic carbocycles. The van der Waals surface area contributed by atoms with Crippen molar-refractivity contribution >= 4 is 39.1 Å². The summed E-state index contributed by atoms with van der Waals surface area (Å²) in [6.45, 7) is 5.16. The van der Waals surface area contributed by atoms with Gasteiger partial charge >= 0.3 is 0 Å². The highest BCUT2D eigenvalue weighted by Crippen LogP contribution is 2.28. The van der Waals surface area contributed by atoms with Crippen molar-refractivity contribution in [1.29, 1.82) is 0 Å². The molecule has 1 aliphatic rings. The van der Waals surface area contributed by atoms with Crippen LogP contribution < -0.4 is 9.62 Å². The molecule has 2 amide bonds. The fourth-order valence-corrected chi connectivity index (χ4v) is 6.68. The predicted molar refractivity (Wildman–Crippen MR) is 159 cm³/mol. The quantitative estimate of drug-likeness (QED) is 0.336. The van der Waals surface area contributed by atoms with E-state index in [0.29, 0.717) is 16.3 Å². The molecule has 0 heterocycles. The molecule has 0 aromatic heterocycles. The summed E-state index contributed by atoms with van der Waals surface area (Å²) in [6.07, 6.45) is 3.98. The van der Waals surface area contributed by atoms with Gasteiger partial charge in [0.15, 0.2) is 0 Å². The van der Waals surface area contributed by atoms with Crippen molar-refractivity contribution < 1.29 is 18.0 Å². The highest BCUT2D eigenvalue weighted by Gasteiger charge is 2.33. The maximum Gasteiger partial charge on any atom is 0.264 e. The number of halogens is 1. The number of anilines is 1. The topological polar surface area (TPSA) is 86.8 Å². The minimum absolute atomic E-state index is 0.0187. The van der Waals surface area contributed by atoms with Crippen LogP contribution in [0.15, 0.2) is 77.7 Å². The van der Waals surface area contributed by atoms with E-state index in [-0.39, 0.29) is 23.4 Å². The van der Waals surface area contributed by atoms with E-state index in [1.807, 2.05) is 37.3 Å². The second-order valence-corrected chi connectivity index (χ2v) is 12.7. The van der Waals surface area contributed by atoms with Crippen LogP contribution in [0.4, 0.5) is 5.69 Å². The molecule has 4 rings (SSSR count). The van der Waals surface area contributed by atoms with E-state index in [0.717, 1.165) is 41.1 Å². The number of sulfonamides is 1. The zero-order valence-corrected chi connectivity index (χ0v) is 24.7. The molecule has 1 N–H and O–H groups in total. The van der Waals surface area contributed by atoms with E-state index in [4.69, 9.17) is 11.6 Å². The summed E-state index contributed by atoms with van der Waals surface area (Å²) in [5.74, 6) is -0.715. The van der Waals surface area contributed by atoms with Gasteiger partial charge in [0.2, 0.25) is 11.8 Å². The molecule has 1 aliphatic carbocycles. The molecule has 212 valence electrons. The van der Waals surface area contributed by atoms with E-state index in [1.165, 1.54) is 29.2 Å². The number of hydrogen-bond acceptors (Lipinski definition) is 4. The van der Waals surface area contributed by atoms with Gasteiger partial charge in [-0.1, -0.05) is 72.5 Å². The van der Waals surface area contributed by atoms with Gasteiger partial charge < -0.3 is 10.2 Å². The van der Waals surface area contributed by atoms with Gasteiger partial charge in [-0.15, -0.1) is 0 Å². The Morgan fingerprint density at radius 1 is 0.975 bits per heavy atom. The SMILES string of the molecule is Cc1cccc(CN(C(=O)CN(c2ccccc2C)S(=O)(=O)c2ccc(Cl)cc2)[C@@H](C)C(=O)NC2CCCC2)c1. The molecule has 0 radical (unpaired) electrons. The summed E-state index contributed by atoms with van der Waals surface area (Å²) in [5, 5.41) is 3.50. The third-order valence-electron chi connectivity index (χ3n) is 7.37. The van der Waals surface area contributed by atoms with E-state index < -0.39 is 28.5 Å². The maximum absolute atomic E-state index is 14.1. The number of carbonyl (C=O) groups is 2. The molecule has 7 nitrogen and oxygen atoms in total. The molecule has 0 aliphatic heterocycles. The Kier molecular flexibility index (Phi) is 9.53. The number of aryl methyl sites for hydroxylation is 2. The summed E-state index contributed by atoms with van der Waals surface area (Å²) in [4.78, 5) is 28.9. The van der Waals surface area contributed by atoms with Gasteiger partial charge in [-0.05, 0) is 75.1 Å². The summed E-state index contributed by atoms with van der Waals surface area (Å²) < 4.78 is 29.0. The first-order valence-electron chi connectivity index (χ1n) is 13.6. The minimum atomic E-state index is -4.14. The van der Waals surface area contributed by atoms with Crippen LogP contribution >= 0.6 is 11.6 Å². The van der Waals surface area contributed by atoms with Crippen LogP contribution in [0, 0.1) is 13.8 Å². The first kappa shape index (κ1) is 29.6. The first-order valence-corrected chi connectivity index (χ1v) is 15.4. The maximum atomic E-state index is 14.1. The average molecular weight is 582 g/mol. The molecular weight excluding hydrogens is 546 g/mol. The third-order valence-corrected chi connectivity index (χ3v) is 9.39. The van der Waals surface area contributed by atoms with Crippen LogP contribution in [0.1, 0.15) is 49.3 Å². The van der Waals surface area contributed by atoms with Crippen LogP contribution in [0.25, 0.3) is 0 Å². The Morgan fingerprint density at radius 3 is 2.30 bits per heavy atom. The molecule has 0 bridgehead atoms. The lowest BCUT2D eigenvalue weighted by molar-refractivity contribution is -0.139. The first-order chi connectivity index (χ1) is 19.1. The largest absolute Gasteiger partial charge is 0.352 e. The summed E-state index contributed by atoms with van der Waals surface area (Å²) >= 11 is 6.02. The van der Waals surface area contributed by atoms with Crippen molar-refractivity contribution in [3.05, 3.63) is 94.5 Å². The van der Waals surface area contributed by atoms with E-state index in [9.17, 15) is 18.0 Å². The number of hydrogen-bond donors (Lipinski definition) is 1. The van der Waals surface area contributed by atoms with Gasteiger partial charge in [-0.2, -0.15) is 0 Å². The van der Waals surface area contributed by atoms with E-state index >= 15 is 0 Å². The van der Waals surface area contributed by atoms with Gasteiger partial charge in [0.25, 0.3) is 10.0 Å². The van der Waals surface area contributed by atoms with Gasteiger partial charge in [-0.3, -0.25) is 13.9 Å². The monoisotopic (exact) mass is 581 g/mol. The molecular formula is C31H36ClN3O4S. The van der Waals surface area contributed by atoms with Gasteiger partial charge in [-0.25, -0.2) is 8.42 Å². The molecule has 0 unspecified atom stereocenters. The van der Waals surface area contributed by atoms with Crippen molar-refractivity contribution in [2.45, 2.75) is 70.0 Å². The molecule has 0 spiro atoms. The lowest BCUT2D eigenvalue weighted by Crippen LogP contribution is -2.52. The normalized spacial score (nSPS) is 14.5. The Morgan fingerprint density at radius 2 is 1.65 bits per heavy atom. The van der Waals surface area contributed by atoms with E-state index in [1.54, 1.807) is 32.0 Å². The van der Waals surface area contributed by atoms with Crippen molar-refractivity contribution in [2.75, 3.05) is 10.8 Å². The summed E-state index contributed by atoms with van der Waals surface area (Å²) in [6, 6.07) is 19.9. The second kappa shape index (κ2) is 12.9. The Hall–Kier alpha value is -3.36. The van der Waals surface area contributed by atoms with Gasteiger partial charge in [0.1, 0.15) is 12.6 Å². The number of amides is 2. The van der Waals surface area contributed by atoms with Crippen LogP contribution in [0.5, 0.6) is 0 Å². The second-order valence-electron chi connectivity index (χ2n) is 10.4. The standard InChI is InChI=1S/C31H36ClN3O4S/c1-22-9-8-11-25(19-22)20-34(24(3)31(37)33-27-12-5-6-13-27)30(36)21-35(29-14-7-4-10-23(29)2)40(38,39)28-17-15-26(32)16-18-28/h4,7-11,14-19,24,27H,5-6,12-13,20-21H2,1-3H3,(H,33,37)/t24-/m0/s1. The van der Waals surface area contributed by atoms with Crippen molar-refractivity contribution in [3.63, 3.8) is 0 Å². The van der Waals surface area contributed by atoms with Crippen LogP contribution in [-0.2, 0) is 26.2 Å². The Labute approximate surface area is 242 Å². The van der Waals surface area contributed by atoms with Crippen LogP contribution in [0.3, 0.4) is 0 Å². The van der Waals surface area contributed by atoms with Crippen LogP contribution in [0.2, 0.25) is 5.02 Å². The highest BCUT2D eigenvalue weighted by atomic mass is 35.5. The fourth-order valence-electron chi connectivity index (χ4n) is 5.07. The molecule has 1 saturated carbocycles. The van der Waals surface area contributed by atoms with Crippen LogP contribution in [-0.4, -0.2) is 43.8 Å². The number of nitrogens with zero attached hydrogens (tertiary/aromatic N) is 2. The highest BCUT2D eigenvalue weighted by molar-refractivity contribution is 7.92. The van der Waals surface area contributed by atoms with Gasteiger partial charge in [0.05, 0.1) is 10.6 Å². The zero-order valence-electron chi connectivity index (χ0n) is 23.1. The Balaban J connectivity index is 1.69. The fraction of sp³-hybridized carbons (Fsp3) is 0.355. The third kappa shape index (κ3) is 7.04.